The maximum Gasteiger partial charge on any atom is 0.106 e. The van der Waals surface area contributed by atoms with Gasteiger partial charge in [0.25, 0.3) is 0 Å². The van der Waals surface area contributed by atoms with Gasteiger partial charge in [0.15, 0.2) is 0 Å². The Kier molecular flexibility index (Phi) is 4.91. The van der Waals surface area contributed by atoms with E-state index in [0.717, 1.165) is 45.9 Å². The van der Waals surface area contributed by atoms with Crippen molar-refractivity contribution >= 4 is 15.9 Å². The number of halogens is 1. The minimum Gasteiger partial charge on any atom is -0.466 e. The Labute approximate surface area is 134 Å². The number of nitrogens with zero attached hydrogens (tertiary/aromatic N) is 3. The molecule has 0 aliphatic carbocycles. The topological polar surface area (TPSA) is 60.2 Å². The zero-order valence-corrected chi connectivity index (χ0v) is 14.9. The van der Waals surface area contributed by atoms with E-state index in [1.807, 2.05) is 38.8 Å². The third-order valence-corrected chi connectivity index (χ3v) is 4.43. The summed E-state index contributed by atoms with van der Waals surface area (Å²) in [6, 6.07) is -0.249. The number of aryl methyl sites for hydroxylation is 2. The van der Waals surface area contributed by atoms with Gasteiger partial charge < -0.3 is 15.1 Å². The summed E-state index contributed by atoms with van der Waals surface area (Å²) >= 11 is 3.57. The first-order chi connectivity index (χ1) is 9.82. The molecule has 21 heavy (non-hydrogen) atoms. The van der Waals surface area contributed by atoms with E-state index in [1.165, 1.54) is 0 Å². The Balaban J connectivity index is 2.39. The van der Waals surface area contributed by atoms with Gasteiger partial charge in [0, 0.05) is 12.1 Å². The van der Waals surface area contributed by atoms with Gasteiger partial charge >= 0.3 is 0 Å². The molecule has 116 valence electrons. The lowest BCUT2D eigenvalue weighted by Crippen LogP contribution is -2.24. The predicted molar refractivity (Wildman–Crippen MR) is 87.4 cm³/mol. The lowest BCUT2D eigenvalue weighted by atomic mass is 10.0. The second kappa shape index (κ2) is 6.34. The van der Waals surface area contributed by atoms with Crippen molar-refractivity contribution in [1.82, 2.24) is 14.7 Å². The summed E-state index contributed by atoms with van der Waals surface area (Å²) in [5.74, 6) is 1.80. The third-order valence-electron chi connectivity index (χ3n) is 3.82. The molecule has 2 heterocycles. The largest absolute Gasteiger partial charge is 0.466 e. The van der Waals surface area contributed by atoms with Crippen LogP contribution in [-0.2, 0) is 6.54 Å². The minimum absolute atomic E-state index is 0.249. The fraction of sp³-hybridized carbons (Fsp3) is 0.533. The standard InChI is InChI=1S/C15H23BrN4O/c1-9-10(2)21-11(3)13(9)14(17)15-12(16)8-18-20(15)7-6-19(4)5/h8,14H,6-7,17H2,1-5H3. The maximum atomic E-state index is 6.52. The van der Waals surface area contributed by atoms with Gasteiger partial charge in [-0.2, -0.15) is 5.10 Å². The Hall–Kier alpha value is -1.11. The molecule has 1 atom stereocenters. The van der Waals surface area contributed by atoms with Crippen LogP contribution >= 0.6 is 15.9 Å². The van der Waals surface area contributed by atoms with E-state index in [4.69, 9.17) is 10.2 Å². The van der Waals surface area contributed by atoms with Gasteiger partial charge in [-0.3, -0.25) is 4.68 Å². The highest BCUT2D eigenvalue weighted by molar-refractivity contribution is 9.10. The van der Waals surface area contributed by atoms with Crippen LogP contribution in [0.4, 0.5) is 0 Å². The normalized spacial score (nSPS) is 13.1. The fourth-order valence-electron chi connectivity index (χ4n) is 2.56. The van der Waals surface area contributed by atoms with Crippen molar-refractivity contribution in [3.8, 4) is 0 Å². The molecule has 1 unspecified atom stereocenters. The molecule has 0 spiro atoms. The van der Waals surface area contributed by atoms with Crippen molar-refractivity contribution < 1.29 is 4.42 Å². The van der Waals surface area contributed by atoms with Gasteiger partial charge in [-0.25, -0.2) is 0 Å². The molecule has 2 N–H and O–H groups in total. The van der Waals surface area contributed by atoms with Crippen LogP contribution in [0.3, 0.4) is 0 Å². The second-order valence-corrected chi connectivity index (χ2v) is 6.49. The molecule has 0 aliphatic heterocycles. The van der Waals surface area contributed by atoms with E-state index in [2.05, 4.69) is 32.9 Å². The molecule has 0 aromatic carbocycles. The quantitative estimate of drug-likeness (QED) is 0.896. The van der Waals surface area contributed by atoms with Crippen LogP contribution in [-0.4, -0.2) is 35.3 Å². The molecule has 0 saturated carbocycles. The molecular formula is C15H23BrN4O. The summed E-state index contributed by atoms with van der Waals surface area (Å²) < 4.78 is 8.61. The number of hydrogen-bond donors (Lipinski definition) is 1. The Bertz CT molecular complexity index is 630. The summed E-state index contributed by atoms with van der Waals surface area (Å²) in [5, 5.41) is 4.43. The van der Waals surface area contributed by atoms with Crippen molar-refractivity contribution in [2.24, 2.45) is 5.73 Å². The smallest absolute Gasteiger partial charge is 0.106 e. The zero-order valence-electron chi connectivity index (χ0n) is 13.3. The predicted octanol–water partition coefficient (Wildman–Crippen LogP) is 2.77. The summed E-state index contributed by atoms with van der Waals surface area (Å²) in [5.41, 5.74) is 9.68. The van der Waals surface area contributed by atoms with E-state index in [1.54, 1.807) is 0 Å². The van der Waals surface area contributed by atoms with Gasteiger partial charge in [0.1, 0.15) is 11.5 Å². The molecule has 0 aliphatic rings. The van der Waals surface area contributed by atoms with Crippen LogP contribution in [0.5, 0.6) is 0 Å². The molecule has 2 rings (SSSR count). The van der Waals surface area contributed by atoms with E-state index < -0.39 is 0 Å². The SMILES string of the molecule is Cc1oc(C)c(C(N)c2c(Br)cnn2CCN(C)C)c1C. The molecule has 0 amide bonds. The summed E-state index contributed by atoms with van der Waals surface area (Å²) in [4.78, 5) is 2.13. The van der Waals surface area contributed by atoms with Crippen LogP contribution in [0.1, 0.15) is 34.4 Å². The first kappa shape index (κ1) is 16.3. The Morgan fingerprint density at radius 2 is 2.00 bits per heavy atom. The van der Waals surface area contributed by atoms with Crippen LogP contribution in [0.25, 0.3) is 0 Å². The molecule has 2 aromatic heterocycles. The van der Waals surface area contributed by atoms with Crippen LogP contribution in [0.2, 0.25) is 0 Å². The molecule has 0 fully saturated rings. The summed E-state index contributed by atoms with van der Waals surface area (Å²) in [6.45, 7) is 7.70. The van der Waals surface area contributed by atoms with Crippen LogP contribution in [0.15, 0.2) is 15.1 Å². The van der Waals surface area contributed by atoms with E-state index in [9.17, 15) is 0 Å². The lowest BCUT2D eigenvalue weighted by Gasteiger charge is -2.17. The summed E-state index contributed by atoms with van der Waals surface area (Å²) in [7, 11) is 4.09. The molecule has 0 bridgehead atoms. The van der Waals surface area contributed by atoms with Crippen molar-refractivity contribution in [1.29, 1.82) is 0 Å². The van der Waals surface area contributed by atoms with E-state index >= 15 is 0 Å². The third kappa shape index (κ3) is 3.22. The fourth-order valence-corrected chi connectivity index (χ4v) is 3.10. The Morgan fingerprint density at radius 3 is 2.52 bits per heavy atom. The Morgan fingerprint density at radius 1 is 1.33 bits per heavy atom. The van der Waals surface area contributed by atoms with Crippen LogP contribution in [0, 0.1) is 20.8 Å². The molecule has 0 saturated heterocycles. The van der Waals surface area contributed by atoms with Crippen molar-refractivity contribution in [2.75, 3.05) is 20.6 Å². The van der Waals surface area contributed by atoms with Gasteiger partial charge in [-0.05, 0) is 56.4 Å². The highest BCUT2D eigenvalue weighted by Crippen LogP contribution is 2.33. The number of furan rings is 1. The molecule has 2 aromatic rings. The zero-order chi connectivity index (χ0) is 15.7. The van der Waals surface area contributed by atoms with E-state index in [-0.39, 0.29) is 6.04 Å². The first-order valence-electron chi connectivity index (χ1n) is 7.01. The number of hydrogen-bond acceptors (Lipinski definition) is 4. The molecule has 0 radical (unpaired) electrons. The molecular weight excluding hydrogens is 332 g/mol. The number of nitrogens with two attached hydrogens (primary N) is 1. The molecule has 5 nitrogen and oxygen atoms in total. The van der Waals surface area contributed by atoms with Gasteiger partial charge in [-0.15, -0.1) is 0 Å². The number of rotatable bonds is 5. The van der Waals surface area contributed by atoms with E-state index in [0.29, 0.717) is 0 Å². The average molecular weight is 355 g/mol. The highest BCUT2D eigenvalue weighted by Gasteiger charge is 2.24. The molecule has 6 heteroatoms. The minimum atomic E-state index is -0.249. The average Bonchev–Trinajstić information content (AvgIpc) is 2.88. The lowest BCUT2D eigenvalue weighted by molar-refractivity contribution is 0.367. The van der Waals surface area contributed by atoms with Crippen molar-refractivity contribution in [3.63, 3.8) is 0 Å². The van der Waals surface area contributed by atoms with Crippen molar-refractivity contribution in [2.45, 2.75) is 33.4 Å². The van der Waals surface area contributed by atoms with Gasteiger partial charge in [-0.1, -0.05) is 0 Å². The first-order valence-corrected chi connectivity index (χ1v) is 7.80. The number of likely N-dealkylation sites (N-methyl/N-ethyl adjacent to an activating group) is 1. The van der Waals surface area contributed by atoms with Gasteiger partial charge in [0.2, 0.25) is 0 Å². The monoisotopic (exact) mass is 354 g/mol. The van der Waals surface area contributed by atoms with Gasteiger partial charge in [0.05, 0.1) is 29.0 Å². The second-order valence-electron chi connectivity index (χ2n) is 5.63. The summed E-state index contributed by atoms with van der Waals surface area (Å²) in [6.07, 6.45) is 1.81. The maximum absolute atomic E-state index is 6.52. The van der Waals surface area contributed by atoms with Crippen molar-refractivity contribution in [3.05, 3.63) is 39.0 Å². The highest BCUT2D eigenvalue weighted by atomic mass is 79.9. The van der Waals surface area contributed by atoms with Crippen LogP contribution < -0.4 is 5.73 Å². The number of aromatic nitrogens is 2.